The van der Waals surface area contributed by atoms with E-state index in [1.54, 1.807) is 0 Å². The van der Waals surface area contributed by atoms with Gasteiger partial charge < -0.3 is 15.0 Å². The average Bonchev–Trinajstić information content (AvgIpc) is 2.37. The van der Waals surface area contributed by atoms with Gasteiger partial charge in [-0.3, -0.25) is 4.79 Å². The Morgan fingerprint density at radius 3 is 3.09 bits per heavy atom. The minimum absolute atomic E-state index is 0.0528. The van der Waals surface area contributed by atoms with Gasteiger partial charge >= 0.3 is 0 Å². The summed E-state index contributed by atoms with van der Waals surface area (Å²) >= 11 is 0. The second kappa shape index (κ2) is 3.16. The monoisotopic (exact) mass is 156 g/mol. The fraction of sp³-hybridized carbons (Fsp3) is 0.333. The van der Waals surface area contributed by atoms with Crippen LogP contribution in [0, 0.1) is 0 Å². The first kappa shape index (κ1) is 7.74. The molecule has 5 nitrogen and oxygen atoms in total. The van der Waals surface area contributed by atoms with Crippen LogP contribution >= 0.6 is 0 Å². The Hall–Kier alpha value is -1.36. The van der Waals surface area contributed by atoms with Gasteiger partial charge in [-0.05, 0) is 0 Å². The van der Waals surface area contributed by atoms with Crippen molar-refractivity contribution in [3.63, 3.8) is 0 Å². The number of hydrogen-bond donors (Lipinski definition) is 1. The van der Waals surface area contributed by atoms with Crippen LogP contribution in [0.5, 0.6) is 0 Å². The van der Waals surface area contributed by atoms with Crippen LogP contribution in [0.1, 0.15) is 16.2 Å². The van der Waals surface area contributed by atoms with E-state index < -0.39 is 5.91 Å². The van der Waals surface area contributed by atoms with Gasteiger partial charge in [0, 0.05) is 13.2 Å². The van der Waals surface area contributed by atoms with Crippen LogP contribution in [-0.4, -0.2) is 18.2 Å². The van der Waals surface area contributed by atoms with Crippen molar-refractivity contribution in [1.29, 1.82) is 0 Å². The Bertz CT molecular complexity index is 256. The van der Waals surface area contributed by atoms with Crippen molar-refractivity contribution in [1.82, 2.24) is 5.16 Å². The zero-order chi connectivity index (χ0) is 8.27. The fourth-order valence-electron chi connectivity index (χ4n) is 0.644. The molecule has 0 bridgehead atoms. The normalized spacial score (nSPS) is 9.91. The van der Waals surface area contributed by atoms with Crippen LogP contribution in [0.2, 0.25) is 0 Å². The molecule has 0 fully saturated rings. The topological polar surface area (TPSA) is 78.4 Å². The van der Waals surface area contributed by atoms with Gasteiger partial charge in [-0.2, -0.15) is 0 Å². The molecule has 1 heterocycles. The number of nitrogens with zero attached hydrogens (tertiary/aromatic N) is 1. The van der Waals surface area contributed by atoms with Crippen molar-refractivity contribution in [3.8, 4) is 0 Å². The number of primary amides is 1. The maximum Gasteiger partial charge on any atom is 0.287 e. The van der Waals surface area contributed by atoms with Gasteiger partial charge in [0.05, 0.1) is 6.61 Å². The Labute approximate surface area is 63.1 Å². The molecule has 1 rings (SSSR count). The molecule has 1 amide bonds. The number of carbonyl (C=O) groups is 1. The van der Waals surface area contributed by atoms with E-state index in [0.29, 0.717) is 12.3 Å². The minimum atomic E-state index is -0.625. The number of aromatic nitrogens is 1. The summed E-state index contributed by atoms with van der Waals surface area (Å²) in [5, 5.41) is 3.53. The first-order valence-corrected chi connectivity index (χ1v) is 2.98. The highest BCUT2D eigenvalue weighted by Gasteiger charge is 2.07. The molecule has 5 heteroatoms. The molecular formula is C6H8N2O3. The summed E-state index contributed by atoms with van der Waals surface area (Å²) in [5.74, 6) is -0.572. The number of methoxy groups -OCH3 is 1. The van der Waals surface area contributed by atoms with Gasteiger partial charge in [0.2, 0.25) is 5.76 Å². The summed E-state index contributed by atoms with van der Waals surface area (Å²) in [7, 11) is 1.53. The molecule has 0 radical (unpaired) electrons. The highest BCUT2D eigenvalue weighted by Crippen LogP contribution is 2.02. The van der Waals surface area contributed by atoms with Crippen molar-refractivity contribution in [2.75, 3.05) is 7.11 Å². The molecule has 0 aromatic carbocycles. The smallest absolute Gasteiger partial charge is 0.287 e. The number of rotatable bonds is 3. The molecule has 2 N–H and O–H groups in total. The van der Waals surface area contributed by atoms with Crippen molar-refractivity contribution in [2.45, 2.75) is 6.61 Å². The van der Waals surface area contributed by atoms with Crippen LogP contribution in [0.25, 0.3) is 0 Å². The lowest BCUT2D eigenvalue weighted by Gasteiger charge is -1.86. The average molecular weight is 156 g/mol. The fourth-order valence-corrected chi connectivity index (χ4v) is 0.644. The minimum Gasteiger partial charge on any atom is -0.378 e. The van der Waals surface area contributed by atoms with Crippen molar-refractivity contribution in [3.05, 3.63) is 17.5 Å². The molecule has 0 spiro atoms. The van der Waals surface area contributed by atoms with Crippen LogP contribution in [-0.2, 0) is 11.3 Å². The Kier molecular flexibility index (Phi) is 2.22. The number of ether oxygens (including phenoxy) is 1. The van der Waals surface area contributed by atoms with E-state index in [2.05, 4.69) is 9.68 Å². The second-order valence-electron chi connectivity index (χ2n) is 1.98. The van der Waals surface area contributed by atoms with Crippen LogP contribution in [0.15, 0.2) is 10.6 Å². The van der Waals surface area contributed by atoms with Crippen molar-refractivity contribution >= 4 is 5.91 Å². The predicted molar refractivity (Wildman–Crippen MR) is 35.7 cm³/mol. The first-order chi connectivity index (χ1) is 5.24. The quantitative estimate of drug-likeness (QED) is 0.663. The molecule has 0 unspecified atom stereocenters. The summed E-state index contributed by atoms with van der Waals surface area (Å²) in [4.78, 5) is 10.5. The predicted octanol–water partition coefficient (Wildman–Crippen LogP) is -0.0801. The molecule has 0 saturated heterocycles. The number of amides is 1. The molecule has 0 saturated carbocycles. The van der Waals surface area contributed by atoms with E-state index in [0.717, 1.165) is 0 Å². The van der Waals surface area contributed by atoms with E-state index in [-0.39, 0.29) is 5.76 Å². The lowest BCUT2D eigenvalue weighted by atomic mass is 10.4. The van der Waals surface area contributed by atoms with Gasteiger partial charge in [0.1, 0.15) is 5.69 Å². The molecule has 0 atom stereocenters. The number of nitrogens with two attached hydrogens (primary N) is 1. The summed E-state index contributed by atoms with van der Waals surface area (Å²) < 4.78 is 9.32. The first-order valence-electron chi connectivity index (χ1n) is 2.98. The molecule has 11 heavy (non-hydrogen) atoms. The van der Waals surface area contributed by atoms with Crippen LogP contribution < -0.4 is 5.73 Å². The van der Waals surface area contributed by atoms with Crippen molar-refractivity contribution in [2.24, 2.45) is 5.73 Å². The second-order valence-corrected chi connectivity index (χ2v) is 1.98. The SMILES string of the molecule is COCc1cc(C(N)=O)on1. The number of hydrogen-bond acceptors (Lipinski definition) is 4. The summed E-state index contributed by atoms with van der Waals surface area (Å²) in [5.41, 5.74) is 5.47. The lowest BCUT2D eigenvalue weighted by molar-refractivity contribution is 0.0964. The third-order valence-electron chi connectivity index (χ3n) is 1.09. The van der Waals surface area contributed by atoms with E-state index in [1.165, 1.54) is 13.2 Å². The maximum absolute atomic E-state index is 10.5. The van der Waals surface area contributed by atoms with E-state index >= 15 is 0 Å². The maximum atomic E-state index is 10.5. The molecule has 1 aromatic heterocycles. The van der Waals surface area contributed by atoms with E-state index in [4.69, 9.17) is 10.5 Å². The third-order valence-corrected chi connectivity index (χ3v) is 1.09. The van der Waals surface area contributed by atoms with Gasteiger partial charge in [0.25, 0.3) is 5.91 Å². The van der Waals surface area contributed by atoms with E-state index in [1.807, 2.05) is 0 Å². The Balaban J connectivity index is 2.73. The summed E-state index contributed by atoms with van der Waals surface area (Å²) in [6, 6.07) is 1.45. The molecule has 60 valence electrons. The number of carbonyl (C=O) groups excluding carboxylic acids is 1. The summed E-state index contributed by atoms with van der Waals surface area (Å²) in [6.07, 6.45) is 0. The molecule has 0 aliphatic rings. The van der Waals surface area contributed by atoms with Gasteiger partial charge in [0.15, 0.2) is 0 Å². The third kappa shape index (κ3) is 1.78. The van der Waals surface area contributed by atoms with Crippen LogP contribution in [0.3, 0.4) is 0 Å². The standard InChI is InChI=1S/C6H8N2O3/c1-10-3-4-2-5(6(7)9)11-8-4/h2H,3H2,1H3,(H2,7,9). The van der Waals surface area contributed by atoms with Gasteiger partial charge in [-0.1, -0.05) is 5.16 Å². The van der Waals surface area contributed by atoms with Crippen LogP contribution in [0.4, 0.5) is 0 Å². The largest absolute Gasteiger partial charge is 0.378 e. The Morgan fingerprint density at radius 2 is 2.64 bits per heavy atom. The Morgan fingerprint density at radius 1 is 1.91 bits per heavy atom. The molecule has 1 aromatic rings. The zero-order valence-electron chi connectivity index (χ0n) is 6.03. The van der Waals surface area contributed by atoms with E-state index in [9.17, 15) is 4.79 Å². The molecular weight excluding hydrogens is 148 g/mol. The van der Waals surface area contributed by atoms with Gasteiger partial charge in [-0.15, -0.1) is 0 Å². The zero-order valence-corrected chi connectivity index (χ0v) is 6.03. The molecule has 0 aliphatic carbocycles. The van der Waals surface area contributed by atoms with Crippen molar-refractivity contribution < 1.29 is 14.1 Å². The summed E-state index contributed by atoms with van der Waals surface area (Å²) in [6.45, 7) is 0.316. The molecule has 0 aliphatic heterocycles. The lowest BCUT2D eigenvalue weighted by Crippen LogP contribution is -2.09. The highest BCUT2D eigenvalue weighted by atomic mass is 16.5. The highest BCUT2D eigenvalue weighted by molar-refractivity contribution is 5.89. The van der Waals surface area contributed by atoms with Gasteiger partial charge in [-0.25, -0.2) is 0 Å².